The number of methoxy groups -OCH3 is 1. The van der Waals surface area contributed by atoms with Crippen LogP contribution in [0.15, 0.2) is 41.8 Å². The summed E-state index contributed by atoms with van der Waals surface area (Å²) in [5.74, 6) is 1.22. The first-order chi connectivity index (χ1) is 12.0. The first-order valence-electron chi connectivity index (χ1n) is 7.84. The number of carbonyl (C=O) groups is 1. The van der Waals surface area contributed by atoms with Gasteiger partial charge >= 0.3 is 0 Å². The molecule has 3 rings (SSSR count). The van der Waals surface area contributed by atoms with Crippen molar-refractivity contribution in [2.24, 2.45) is 7.05 Å². The number of thioether (sulfide) groups is 1. The molecule has 0 unspecified atom stereocenters. The van der Waals surface area contributed by atoms with Crippen molar-refractivity contribution < 1.29 is 9.53 Å². The van der Waals surface area contributed by atoms with E-state index in [0.29, 0.717) is 5.75 Å². The van der Waals surface area contributed by atoms with Crippen molar-refractivity contribution in [3.8, 4) is 11.4 Å². The molecule has 0 radical (unpaired) electrons. The number of aryl methyl sites for hydroxylation is 2. The summed E-state index contributed by atoms with van der Waals surface area (Å²) in [6.45, 7) is 3.97. The number of ether oxygens (including phenoxy) is 1. The molecule has 0 spiro atoms. The third kappa shape index (κ3) is 3.46. The van der Waals surface area contributed by atoms with Crippen molar-refractivity contribution in [1.82, 2.24) is 19.3 Å². The second-order valence-corrected chi connectivity index (χ2v) is 6.70. The molecular weight excluding hydrogens is 336 g/mol. The highest BCUT2D eigenvalue weighted by Crippen LogP contribution is 2.24. The highest BCUT2D eigenvalue weighted by Gasteiger charge is 2.17. The minimum atomic E-state index is 0.0841. The molecule has 3 aromatic rings. The molecule has 1 aromatic carbocycles. The van der Waals surface area contributed by atoms with Gasteiger partial charge in [-0.1, -0.05) is 11.8 Å². The maximum absolute atomic E-state index is 12.7. The Labute approximate surface area is 150 Å². The quantitative estimate of drug-likeness (QED) is 0.501. The van der Waals surface area contributed by atoms with E-state index in [1.54, 1.807) is 18.0 Å². The molecule has 0 aliphatic carbocycles. The summed E-state index contributed by atoms with van der Waals surface area (Å²) in [6.07, 6.45) is 1.63. The van der Waals surface area contributed by atoms with Gasteiger partial charge in [-0.2, -0.15) is 0 Å². The summed E-state index contributed by atoms with van der Waals surface area (Å²) in [7, 11) is 3.51. The van der Waals surface area contributed by atoms with Gasteiger partial charge in [0.05, 0.1) is 12.9 Å². The van der Waals surface area contributed by atoms with Crippen molar-refractivity contribution in [2.75, 3.05) is 12.9 Å². The molecule has 0 aliphatic heterocycles. The Bertz CT molecular complexity index is 896. The van der Waals surface area contributed by atoms with E-state index >= 15 is 0 Å². The number of rotatable bonds is 6. The molecule has 0 bridgehead atoms. The summed E-state index contributed by atoms with van der Waals surface area (Å²) in [5, 5.41) is 8.56. The summed E-state index contributed by atoms with van der Waals surface area (Å²) < 4.78 is 9.09. The number of Topliss-reactive ketones (excluding diaryl/α,β-unsaturated/α-hetero) is 1. The van der Waals surface area contributed by atoms with E-state index in [0.717, 1.165) is 33.5 Å². The van der Waals surface area contributed by atoms with Crippen molar-refractivity contribution in [1.29, 1.82) is 0 Å². The molecule has 0 saturated heterocycles. The molecule has 2 heterocycles. The van der Waals surface area contributed by atoms with Gasteiger partial charge in [-0.3, -0.25) is 4.79 Å². The molecule has 0 fully saturated rings. The standard InChI is InChI=1S/C18H20N4O2S/c1-12-9-16(17(23)10-25-18-20-19-11-21(18)3)13(2)22(12)14-5-7-15(24-4)8-6-14/h5-9,11H,10H2,1-4H3. The Morgan fingerprint density at radius 3 is 2.56 bits per heavy atom. The largest absolute Gasteiger partial charge is 0.497 e. The van der Waals surface area contributed by atoms with Crippen LogP contribution in [0.3, 0.4) is 0 Å². The van der Waals surface area contributed by atoms with Gasteiger partial charge in [-0.05, 0) is 44.2 Å². The van der Waals surface area contributed by atoms with E-state index < -0.39 is 0 Å². The summed E-state index contributed by atoms with van der Waals surface area (Å²) in [6, 6.07) is 9.75. The number of hydrogen-bond acceptors (Lipinski definition) is 5. The normalized spacial score (nSPS) is 10.9. The zero-order chi connectivity index (χ0) is 18.0. The maximum atomic E-state index is 12.7. The molecule has 0 N–H and O–H groups in total. The predicted octanol–water partition coefficient (Wildman–Crippen LogP) is 3.21. The van der Waals surface area contributed by atoms with Gasteiger partial charge in [0.25, 0.3) is 0 Å². The van der Waals surface area contributed by atoms with Crippen LogP contribution < -0.4 is 4.74 Å². The van der Waals surface area contributed by atoms with Gasteiger partial charge in [0.2, 0.25) is 0 Å². The fourth-order valence-electron chi connectivity index (χ4n) is 2.78. The summed E-state index contributed by atoms with van der Waals surface area (Å²) in [5.41, 5.74) is 3.71. The van der Waals surface area contributed by atoms with E-state index in [4.69, 9.17) is 4.74 Å². The Morgan fingerprint density at radius 2 is 1.96 bits per heavy atom. The van der Waals surface area contributed by atoms with Gasteiger partial charge in [0, 0.05) is 29.7 Å². The van der Waals surface area contributed by atoms with Crippen LogP contribution in [-0.2, 0) is 7.05 Å². The number of aromatic nitrogens is 4. The smallest absolute Gasteiger partial charge is 0.191 e. The molecule has 0 saturated carbocycles. The number of carbonyl (C=O) groups excluding carboxylic acids is 1. The number of hydrogen-bond donors (Lipinski definition) is 0. The Morgan fingerprint density at radius 1 is 1.24 bits per heavy atom. The zero-order valence-corrected chi connectivity index (χ0v) is 15.5. The van der Waals surface area contributed by atoms with E-state index in [1.807, 2.05) is 51.2 Å². The number of ketones is 1. The van der Waals surface area contributed by atoms with Crippen LogP contribution in [0.25, 0.3) is 5.69 Å². The van der Waals surface area contributed by atoms with Crippen LogP contribution in [0.2, 0.25) is 0 Å². The minimum Gasteiger partial charge on any atom is -0.497 e. The lowest BCUT2D eigenvalue weighted by Crippen LogP contribution is -2.06. The molecule has 130 valence electrons. The molecule has 2 aromatic heterocycles. The van der Waals surface area contributed by atoms with Crippen molar-refractivity contribution in [3.63, 3.8) is 0 Å². The Hall–Kier alpha value is -2.54. The van der Waals surface area contributed by atoms with Crippen molar-refractivity contribution in [3.05, 3.63) is 53.6 Å². The molecule has 0 amide bonds. The van der Waals surface area contributed by atoms with Crippen LogP contribution in [0, 0.1) is 13.8 Å². The average Bonchev–Trinajstić information content (AvgIpc) is 3.15. The molecule has 25 heavy (non-hydrogen) atoms. The first-order valence-corrected chi connectivity index (χ1v) is 8.83. The Balaban J connectivity index is 1.83. The fourth-order valence-corrected chi connectivity index (χ4v) is 3.56. The third-order valence-electron chi connectivity index (χ3n) is 4.06. The van der Waals surface area contributed by atoms with Crippen molar-refractivity contribution >= 4 is 17.5 Å². The summed E-state index contributed by atoms with van der Waals surface area (Å²) in [4.78, 5) is 12.7. The highest BCUT2D eigenvalue weighted by atomic mass is 32.2. The van der Waals surface area contributed by atoms with Crippen LogP contribution in [0.5, 0.6) is 5.75 Å². The minimum absolute atomic E-state index is 0.0841. The lowest BCUT2D eigenvalue weighted by atomic mass is 10.2. The first kappa shape index (κ1) is 17.3. The monoisotopic (exact) mass is 356 g/mol. The molecule has 0 aliphatic rings. The Kier molecular flexibility index (Phi) is 4.94. The highest BCUT2D eigenvalue weighted by molar-refractivity contribution is 7.99. The van der Waals surface area contributed by atoms with Crippen molar-refractivity contribution in [2.45, 2.75) is 19.0 Å². The van der Waals surface area contributed by atoms with Gasteiger partial charge in [0.15, 0.2) is 10.9 Å². The predicted molar refractivity (Wildman–Crippen MR) is 97.9 cm³/mol. The average molecular weight is 356 g/mol. The van der Waals surface area contributed by atoms with Gasteiger partial charge in [-0.25, -0.2) is 0 Å². The maximum Gasteiger partial charge on any atom is 0.191 e. The van der Waals surface area contributed by atoms with Gasteiger partial charge in [0.1, 0.15) is 12.1 Å². The molecule has 7 heteroatoms. The topological polar surface area (TPSA) is 61.9 Å². The molecule has 6 nitrogen and oxygen atoms in total. The van der Waals surface area contributed by atoms with E-state index in [2.05, 4.69) is 14.8 Å². The lowest BCUT2D eigenvalue weighted by Gasteiger charge is -2.10. The lowest BCUT2D eigenvalue weighted by molar-refractivity contribution is 0.102. The molecule has 0 atom stereocenters. The second kappa shape index (κ2) is 7.14. The number of benzene rings is 1. The van der Waals surface area contributed by atoms with Gasteiger partial charge in [-0.15, -0.1) is 10.2 Å². The number of nitrogens with zero attached hydrogens (tertiary/aromatic N) is 4. The zero-order valence-electron chi connectivity index (χ0n) is 14.7. The third-order valence-corrected chi connectivity index (χ3v) is 5.10. The summed E-state index contributed by atoms with van der Waals surface area (Å²) >= 11 is 1.40. The van der Waals surface area contributed by atoms with Crippen LogP contribution >= 0.6 is 11.8 Å². The van der Waals surface area contributed by atoms with E-state index in [1.165, 1.54) is 11.8 Å². The fraction of sp³-hybridized carbons (Fsp3) is 0.278. The van der Waals surface area contributed by atoms with E-state index in [9.17, 15) is 4.79 Å². The second-order valence-electron chi connectivity index (χ2n) is 5.75. The molecular formula is C18H20N4O2S. The van der Waals surface area contributed by atoms with Crippen LogP contribution in [-0.4, -0.2) is 38.0 Å². The van der Waals surface area contributed by atoms with Crippen LogP contribution in [0.1, 0.15) is 21.7 Å². The van der Waals surface area contributed by atoms with Crippen LogP contribution in [0.4, 0.5) is 0 Å². The SMILES string of the molecule is COc1ccc(-n2c(C)cc(C(=O)CSc3nncn3C)c2C)cc1. The van der Waals surface area contributed by atoms with Gasteiger partial charge < -0.3 is 13.9 Å². The van der Waals surface area contributed by atoms with E-state index in [-0.39, 0.29) is 5.78 Å².